The van der Waals surface area contributed by atoms with Crippen LogP contribution in [0.15, 0.2) is 12.1 Å². The molecule has 0 aliphatic carbocycles. The number of benzene rings is 1. The Labute approximate surface area is 125 Å². The van der Waals surface area contributed by atoms with E-state index in [1.807, 2.05) is 0 Å². The van der Waals surface area contributed by atoms with Gasteiger partial charge < -0.3 is 20.1 Å². The molecule has 0 radical (unpaired) electrons. The van der Waals surface area contributed by atoms with Crippen molar-refractivity contribution >= 4 is 17.3 Å². The molecule has 0 unspecified atom stereocenters. The number of morpholine rings is 1. The number of carbonyl (C=O) groups is 1. The van der Waals surface area contributed by atoms with Gasteiger partial charge in [0.15, 0.2) is 0 Å². The first-order chi connectivity index (χ1) is 10.3. The Kier molecular flexibility index (Phi) is 4.80. The second-order valence-electron chi connectivity index (χ2n) is 4.92. The Morgan fingerprint density at radius 1 is 1.36 bits per heavy atom. The third-order valence-electron chi connectivity index (χ3n) is 3.47. The van der Waals surface area contributed by atoms with Crippen LogP contribution in [0.1, 0.15) is 11.1 Å². The number of anilines is 2. The van der Waals surface area contributed by atoms with E-state index in [0.717, 1.165) is 6.07 Å². The zero-order chi connectivity index (χ0) is 16.3. The number of carbonyl (C=O) groups excluding carboxylic acids is 1. The molecule has 1 saturated heterocycles. The van der Waals surface area contributed by atoms with Gasteiger partial charge in [0, 0.05) is 24.5 Å². The molecule has 0 amide bonds. The Balaban J connectivity index is 2.46. The number of nitrogens with zero attached hydrogens (tertiary/aromatic N) is 1. The molecule has 5 nitrogen and oxygen atoms in total. The first-order valence-electron chi connectivity index (χ1n) is 6.72. The second kappa shape index (κ2) is 6.43. The number of esters is 1. The number of nitrogens with two attached hydrogens (primary N) is 1. The molecule has 0 aromatic heterocycles. The third kappa shape index (κ3) is 3.62. The summed E-state index contributed by atoms with van der Waals surface area (Å²) in [4.78, 5) is 13.2. The van der Waals surface area contributed by atoms with E-state index >= 15 is 0 Å². The minimum Gasteiger partial charge on any atom is -0.469 e. The Morgan fingerprint density at radius 3 is 2.55 bits per heavy atom. The van der Waals surface area contributed by atoms with E-state index in [1.165, 1.54) is 13.2 Å². The molecule has 1 aromatic rings. The van der Waals surface area contributed by atoms with Crippen LogP contribution in [0.2, 0.25) is 0 Å². The van der Waals surface area contributed by atoms with Gasteiger partial charge in [-0.2, -0.15) is 13.2 Å². The molecule has 1 fully saturated rings. The van der Waals surface area contributed by atoms with Crippen LogP contribution in [0, 0.1) is 0 Å². The van der Waals surface area contributed by atoms with Gasteiger partial charge in [0.1, 0.15) is 0 Å². The van der Waals surface area contributed by atoms with Crippen LogP contribution < -0.4 is 10.6 Å². The monoisotopic (exact) mass is 318 g/mol. The number of halogens is 3. The van der Waals surface area contributed by atoms with Crippen LogP contribution in [0.25, 0.3) is 0 Å². The van der Waals surface area contributed by atoms with Crippen molar-refractivity contribution in [3.8, 4) is 0 Å². The van der Waals surface area contributed by atoms with Gasteiger partial charge in [0.05, 0.1) is 32.3 Å². The molecular formula is C14H17F3N2O3. The van der Waals surface area contributed by atoms with Gasteiger partial charge in [-0.3, -0.25) is 4.79 Å². The van der Waals surface area contributed by atoms with Crippen LogP contribution in [0.3, 0.4) is 0 Å². The summed E-state index contributed by atoms with van der Waals surface area (Å²) in [6.45, 7) is 1.75. The van der Waals surface area contributed by atoms with E-state index in [1.54, 1.807) is 4.90 Å². The number of methoxy groups -OCH3 is 1. The molecule has 0 saturated carbocycles. The molecule has 8 heteroatoms. The largest absolute Gasteiger partial charge is 0.469 e. The molecule has 1 aliphatic rings. The fourth-order valence-corrected chi connectivity index (χ4v) is 2.37. The summed E-state index contributed by atoms with van der Waals surface area (Å²) in [6.07, 6.45) is -4.68. The Morgan fingerprint density at radius 2 is 2.00 bits per heavy atom. The summed E-state index contributed by atoms with van der Waals surface area (Å²) in [5.74, 6) is -0.534. The van der Waals surface area contributed by atoms with E-state index in [4.69, 9.17) is 10.5 Å². The van der Waals surface area contributed by atoms with Crippen LogP contribution in [0.4, 0.5) is 24.5 Å². The van der Waals surface area contributed by atoms with Gasteiger partial charge in [-0.05, 0) is 17.7 Å². The number of rotatable bonds is 3. The zero-order valence-corrected chi connectivity index (χ0v) is 12.1. The van der Waals surface area contributed by atoms with E-state index in [-0.39, 0.29) is 6.42 Å². The molecule has 2 rings (SSSR count). The standard InChI is InChI=1S/C14H17F3N2O3/c1-21-13(20)7-9-6-11(18)10(14(15,16)17)8-12(9)19-2-4-22-5-3-19/h6,8H,2-5,7,18H2,1H3. The average molecular weight is 318 g/mol. The minimum absolute atomic E-state index is 0.133. The summed E-state index contributed by atoms with van der Waals surface area (Å²) in [5.41, 5.74) is 4.97. The lowest BCUT2D eigenvalue weighted by Gasteiger charge is -2.31. The molecule has 1 aromatic carbocycles. The van der Waals surface area contributed by atoms with Crippen LogP contribution >= 0.6 is 0 Å². The predicted molar refractivity (Wildman–Crippen MR) is 74.6 cm³/mol. The maximum absolute atomic E-state index is 13.0. The van der Waals surface area contributed by atoms with Crippen molar-refractivity contribution in [3.05, 3.63) is 23.3 Å². The van der Waals surface area contributed by atoms with Crippen LogP contribution in [-0.4, -0.2) is 39.4 Å². The topological polar surface area (TPSA) is 64.8 Å². The lowest BCUT2D eigenvalue weighted by Crippen LogP contribution is -2.37. The number of alkyl halides is 3. The first-order valence-corrected chi connectivity index (χ1v) is 6.72. The fraction of sp³-hybridized carbons (Fsp3) is 0.500. The number of ether oxygens (including phenoxy) is 2. The smallest absolute Gasteiger partial charge is 0.418 e. The maximum Gasteiger partial charge on any atom is 0.418 e. The average Bonchev–Trinajstić information content (AvgIpc) is 2.46. The van der Waals surface area contributed by atoms with Gasteiger partial charge in [-0.25, -0.2) is 0 Å². The van der Waals surface area contributed by atoms with Crippen molar-refractivity contribution in [1.82, 2.24) is 0 Å². The van der Waals surface area contributed by atoms with E-state index in [0.29, 0.717) is 37.6 Å². The molecule has 0 atom stereocenters. The normalized spacial score (nSPS) is 15.7. The summed E-state index contributed by atoms with van der Waals surface area (Å²) in [5, 5.41) is 0. The summed E-state index contributed by atoms with van der Waals surface area (Å²) in [6, 6.07) is 2.20. The number of hydrogen-bond donors (Lipinski definition) is 1. The lowest BCUT2D eigenvalue weighted by molar-refractivity contribution is -0.139. The van der Waals surface area contributed by atoms with Crippen LogP contribution in [0.5, 0.6) is 0 Å². The zero-order valence-electron chi connectivity index (χ0n) is 12.1. The summed E-state index contributed by atoms with van der Waals surface area (Å²) >= 11 is 0. The molecular weight excluding hydrogens is 301 g/mol. The predicted octanol–water partition coefficient (Wildman–Crippen LogP) is 1.84. The van der Waals surface area contributed by atoms with Crippen molar-refractivity contribution in [2.45, 2.75) is 12.6 Å². The molecule has 2 N–H and O–H groups in total. The molecule has 1 aliphatic heterocycles. The SMILES string of the molecule is COC(=O)Cc1cc(N)c(C(F)(F)F)cc1N1CCOCC1. The van der Waals surface area contributed by atoms with Gasteiger partial charge in [-0.1, -0.05) is 0 Å². The Hall–Kier alpha value is -1.96. The highest BCUT2D eigenvalue weighted by Gasteiger charge is 2.34. The molecule has 122 valence electrons. The highest BCUT2D eigenvalue weighted by molar-refractivity contribution is 5.77. The Bertz CT molecular complexity index is 555. The van der Waals surface area contributed by atoms with Gasteiger partial charge in [0.25, 0.3) is 0 Å². The quantitative estimate of drug-likeness (QED) is 0.680. The first kappa shape index (κ1) is 16.4. The van der Waals surface area contributed by atoms with E-state index in [9.17, 15) is 18.0 Å². The van der Waals surface area contributed by atoms with Crippen molar-refractivity contribution in [2.24, 2.45) is 0 Å². The van der Waals surface area contributed by atoms with Crippen molar-refractivity contribution in [1.29, 1.82) is 0 Å². The molecule has 22 heavy (non-hydrogen) atoms. The number of hydrogen-bond acceptors (Lipinski definition) is 5. The lowest BCUT2D eigenvalue weighted by atomic mass is 10.0. The summed E-state index contributed by atoms with van der Waals surface area (Å²) < 4.78 is 48.9. The second-order valence-corrected chi connectivity index (χ2v) is 4.92. The van der Waals surface area contributed by atoms with Crippen molar-refractivity contribution in [2.75, 3.05) is 44.0 Å². The highest BCUT2D eigenvalue weighted by atomic mass is 19.4. The molecule has 0 bridgehead atoms. The van der Waals surface area contributed by atoms with Crippen LogP contribution in [-0.2, 0) is 26.9 Å². The van der Waals surface area contributed by atoms with Gasteiger partial charge in [-0.15, -0.1) is 0 Å². The highest BCUT2D eigenvalue weighted by Crippen LogP contribution is 2.38. The van der Waals surface area contributed by atoms with Crippen molar-refractivity contribution in [3.63, 3.8) is 0 Å². The molecule has 1 heterocycles. The maximum atomic E-state index is 13.0. The van der Waals surface area contributed by atoms with E-state index < -0.39 is 23.4 Å². The minimum atomic E-state index is -4.55. The van der Waals surface area contributed by atoms with Gasteiger partial charge >= 0.3 is 12.1 Å². The third-order valence-corrected chi connectivity index (χ3v) is 3.47. The van der Waals surface area contributed by atoms with E-state index in [2.05, 4.69) is 4.74 Å². The fourth-order valence-electron chi connectivity index (χ4n) is 2.37. The van der Waals surface area contributed by atoms with Gasteiger partial charge in [0.2, 0.25) is 0 Å². The molecule has 0 spiro atoms. The van der Waals surface area contributed by atoms with Crippen molar-refractivity contribution < 1.29 is 27.4 Å². The number of nitrogen functional groups attached to an aromatic ring is 1. The summed E-state index contributed by atoms with van der Waals surface area (Å²) in [7, 11) is 1.23.